The van der Waals surface area contributed by atoms with Crippen molar-refractivity contribution in [2.24, 2.45) is 0 Å². The average Bonchev–Trinajstić information content (AvgIpc) is 2.74. The monoisotopic (exact) mass is 217 g/mol. The Balaban J connectivity index is 1.84. The van der Waals surface area contributed by atoms with Crippen LogP contribution in [0.15, 0.2) is 36.8 Å². The lowest BCUT2D eigenvalue weighted by molar-refractivity contribution is 0.334. The molecule has 0 radical (unpaired) electrons. The molecule has 1 aromatic rings. The van der Waals surface area contributed by atoms with Crippen LogP contribution in [0.25, 0.3) is 0 Å². The van der Waals surface area contributed by atoms with Crippen LogP contribution in [0.3, 0.4) is 0 Å². The first kappa shape index (κ1) is 11.1. The summed E-state index contributed by atoms with van der Waals surface area (Å²) in [5.41, 5.74) is 2.33. The van der Waals surface area contributed by atoms with Crippen molar-refractivity contribution in [3.63, 3.8) is 0 Å². The van der Waals surface area contributed by atoms with Gasteiger partial charge in [-0.1, -0.05) is 12.6 Å². The Morgan fingerprint density at radius 2 is 2.56 bits per heavy atom. The van der Waals surface area contributed by atoms with E-state index in [1.807, 2.05) is 12.3 Å². The summed E-state index contributed by atoms with van der Waals surface area (Å²) < 4.78 is 0. The first-order valence-corrected chi connectivity index (χ1v) is 5.79. The second-order valence-electron chi connectivity index (χ2n) is 4.38. The van der Waals surface area contributed by atoms with Crippen LogP contribution in [0.1, 0.15) is 18.4 Å². The molecule has 86 valence electrons. The molecule has 0 saturated carbocycles. The van der Waals surface area contributed by atoms with Crippen LogP contribution >= 0.6 is 0 Å². The minimum atomic E-state index is 0.497. The normalized spacial score (nSPS) is 20.9. The molecular formula is C13H19N3. The summed E-state index contributed by atoms with van der Waals surface area (Å²) in [6.45, 7) is 6.12. The van der Waals surface area contributed by atoms with Crippen molar-refractivity contribution < 1.29 is 0 Å². The lowest BCUT2D eigenvalue weighted by Crippen LogP contribution is -2.32. The van der Waals surface area contributed by atoms with Crippen LogP contribution in [0, 0.1) is 0 Å². The summed E-state index contributed by atoms with van der Waals surface area (Å²) in [5.74, 6) is 0. The first-order valence-electron chi connectivity index (χ1n) is 5.79. The quantitative estimate of drug-likeness (QED) is 0.833. The number of hydrogen-bond acceptors (Lipinski definition) is 3. The van der Waals surface area contributed by atoms with E-state index in [9.17, 15) is 0 Å². The van der Waals surface area contributed by atoms with Crippen LogP contribution < -0.4 is 5.32 Å². The molecule has 16 heavy (non-hydrogen) atoms. The van der Waals surface area contributed by atoms with Gasteiger partial charge in [0.25, 0.3) is 0 Å². The topological polar surface area (TPSA) is 28.2 Å². The Labute approximate surface area is 97.2 Å². The number of rotatable bonds is 4. The maximum atomic E-state index is 4.13. The third-order valence-corrected chi connectivity index (χ3v) is 3.17. The van der Waals surface area contributed by atoms with Crippen molar-refractivity contribution in [2.45, 2.75) is 25.4 Å². The Hall–Kier alpha value is -1.35. The molecule has 0 aliphatic carbocycles. The van der Waals surface area contributed by atoms with Crippen LogP contribution in [0.4, 0.5) is 0 Å². The van der Waals surface area contributed by atoms with Crippen molar-refractivity contribution in [1.29, 1.82) is 0 Å². The smallest absolute Gasteiger partial charge is 0.0486 e. The second-order valence-corrected chi connectivity index (χ2v) is 4.38. The van der Waals surface area contributed by atoms with Gasteiger partial charge in [-0.15, -0.1) is 0 Å². The van der Waals surface area contributed by atoms with Crippen molar-refractivity contribution in [1.82, 2.24) is 15.2 Å². The van der Waals surface area contributed by atoms with Gasteiger partial charge in [0, 0.05) is 30.7 Å². The van der Waals surface area contributed by atoms with Gasteiger partial charge in [0.05, 0.1) is 0 Å². The number of pyridine rings is 1. The molecule has 1 aliphatic heterocycles. The van der Waals surface area contributed by atoms with Gasteiger partial charge in [-0.3, -0.25) is 9.88 Å². The van der Waals surface area contributed by atoms with E-state index in [1.54, 1.807) is 6.20 Å². The standard InChI is InChI=1S/C13H19N3/c1-11(13-6-4-8-16(13)2)15-10-12-5-3-7-14-9-12/h3,5,7,9,13,15H,1,4,6,8,10H2,2H3. The summed E-state index contributed by atoms with van der Waals surface area (Å²) in [4.78, 5) is 6.45. The molecule has 1 aromatic heterocycles. The fourth-order valence-corrected chi connectivity index (χ4v) is 2.19. The van der Waals surface area contributed by atoms with Crippen molar-refractivity contribution in [3.05, 3.63) is 42.4 Å². The second kappa shape index (κ2) is 5.12. The minimum absolute atomic E-state index is 0.497. The van der Waals surface area contributed by atoms with Gasteiger partial charge in [0.1, 0.15) is 0 Å². The van der Waals surface area contributed by atoms with Crippen LogP contribution in [0.2, 0.25) is 0 Å². The van der Waals surface area contributed by atoms with Gasteiger partial charge < -0.3 is 5.32 Å². The zero-order chi connectivity index (χ0) is 11.4. The van der Waals surface area contributed by atoms with Gasteiger partial charge >= 0.3 is 0 Å². The van der Waals surface area contributed by atoms with Crippen LogP contribution in [-0.2, 0) is 6.54 Å². The van der Waals surface area contributed by atoms with Gasteiger partial charge in [-0.25, -0.2) is 0 Å². The highest BCUT2D eigenvalue weighted by molar-refractivity contribution is 5.12. The summed E-state index contributed by atoms with van der Waals surface area (Å²) in [5, 5.41) is 3.40. The molecule has 1 atom stereocenters. The number of nitrogens with zero attached hydrogens (tertiary/aromatic N) is 2. The predicted molar refractivity (Wildman–Crippen MR) is 65.9 cm³/mol. The number of hydrogen-bond donors (Lipinski definition) is 1. The first-order chi connectivity index (χ1) is 7.77. The largest absolute Gasteiger partial charge is 0.383 e. The fraction of sp³-hybridized carbons (Fsp3) is 0.462. The van der Waals surface area contributed by atoms with E-state index in [4.69, 9.17) is 0 Å². The highest BCUT2D eigenvalue weighted by atomic mass is 15.2. The lowest BCUT2D eigenvalue weighted by Gasteiger charge is -2.22. The Kier molecular flexibility index (Phi) is 3.57. The van der Waals surface area contributed by atoms with Crippen molar-refractivity contribution in [2.75, 3.05) is 13.6 Å². The zero-order valence-corrected chi connectivity index (χ0v) is 9.82. The Morgan fingerprint density at radius 3 is 3.19 bits per heavy atom. The summed E-state index contributed by atoms with van der Waals surface area (Å²) in [6.07, 6.45) is 6.17. The third kappa shape index (κ3) is 2.61. The summed E-state index contributed by atoms with van der Waals surface area (Å²) in [7, 11) is 2.16. The summed E-state index contributed by atoms with van der Waals surface area (Å²) in [6, 6.07) is 4.53. The van der Waals surface area contributed by atoms with E-state index in [1.165, 1.54) is 24.9 Å². The highest BCUT2D eigenvalue weighted by Crippen LogP contribution is 2.19. The van der Waals surface area contributed by atoms with E-state index in [0.29, 0.717) is 6.04 Å². The maximum Gasteiger partial charge on any atom is 0.0486 e. The summed E-state index contributed by atoms with van der Waals surface area (Å²) >= 11 is 0. The molecule has 0 aromatic carbocycles. The van der Waals surface area contributed by atoms with Crippen molar-refractivity contribution in [3.8, 4) is 0 Å². The molecule has 1 fully saturated rings. The number of likely N-dealkylation sites (N-methyl/N-ethyl adjacent to an activating group) is 1. The van der Waals surface area contributed by atoms with E-state index >= 15 is 0 Å². The molecule has 1 N–H and O–H groups in total. The molecule has 3 heteroatoms. The molecule has 0 bridgehead atoms. The molecule has 2 rings (SSSR count). The molecule has 3 nitrogen and oxygen atoms in total. The van der Waals surface area contributed by atoms with Gasteiger partial charge in [-0.2, -0.15) is 0 Å². The van der Waals surface area contributed by atoms with E-state index in [2.05, 4.69) is 34.9 Å². The maximum absolute atomic E-state index is 4.13. The molecule has 0 amide bonds. The van der Waals surface area contributed by atoms with Gasteiger partial charge in [0.2, 0.25) is 0 Å². The van der Waals surface area contributed by atoms with E-state index < -0.39 is 0 Å². The van der Waals surface area contributed by atoms with Gasteiger partial charge in [0.15, 0.2) is 0 Å². The number of aromatic nitrogens is 1. The highest BCUT2D eigenvalue weighted by Gasteiger charge is 2.22. The van der Waals surface area contributed by atoms with E-state index in [0.717, 1.165) is 12.2 Å². The molecule has 1 saturated heterocycles. The predicted octanol–water partition coefficient (Wildman–Crippen LogP) is 1.78. The molecule has 1 aliphatic rings. The SMILES string of the molecule is C=C(NCc1cccnc1)C1CCCN1C. The van der Waals surface area contributed by atoms with Crippen LogP contribution in [-0.4, -0.2) is 29.5 Å². The van der Waals surface area contributed by atoms with Crippen molar-refractivity contribution >= 4 is 0 Å². The number of likely N-dealkylation sites (tertiary alicyclic amines) is 1. The molecular weight excluding hydrogens is 198 g/mol. The molecule has 1 unspecified atom stereocenters. The minimum Gasteiger partial charge on any atom is -0.383 e. The Bertz CT molecular complexity index is 347. The van der Waals surface area contributed by atoms with E-state index in [-0.39, 0.29) is 0 Å². The van der Waals surface area contributed by atoms with Gasteiger partial charge in [-0.05, 0) is 38.1 Å². The molecule has 2 heterocycles. The number of nitrogens with one attached hydrogen (secondary N) is 1. The van der Waals surface area contributed by atoms with Crippen LogP contribution in [0.5, 0.6) is 0 Å². The fourth-order valence-electron chi connectivity index (χ4n) is 2.19. The lowest BCUT2D eigenvalue weighted by atomic mass is 10.1. The zero-order valence-electron chi connectivity index (χ0n) is 9.82. The third-order valence-electron chi connectivity index (χ3n) is 3.17. The Morgan fingerprint density at radius 1 is 1.69 bits per heavy atom. The molecule has 0 spiro atoms. The average molecular weight is 217 g/mol.